The zero-order chi connectivity index (χ0) is 15.9. The van der Waals surface area contributed by atoms with Gasteiger partial charge in [0, 0.05) is 0 Å². The molecular formula is C17H15F2NO2. The maximum atomic E-state index is 14.4. The average molecular weight is 303 g/mol. The minimum Gasteiger partial charge on any atom is -0.444 e. The Labute approximate surface area is 127 Å². The van der Waals surface area contributed by atoms with Crippen LogP contribution in [0.15, 0.2) is 42.5 Å². The summed E-state index contributed by atoms with van der Waals surface area (Å²) in [4.78, 5) is 13.1. The Morgan fingerprint density at radius 3 is 2.36 bits per heavy atom. The molecule has 1 aliphatic rings. The topological polar surface area (TPSA) is 29.5 Å². The number of carbonyl (C=O) groups excluding carboxylic acids is 1. The largest absolute Gasteiger partial charge is 0.444 e. The predicted molar refractivity (Wildman–Crippen MR) is 79.7 cm³/mol. The number of amides is 1. The van der Waals surface area contributed by atoms with Crippen molar-refractivity contribution >= 4 is 11.8 Å². The number of nitrogens with zero attached hydrogens (tertiary/aromatic N) is 1. The first-order valence-electron chi connectivity index (χ1n) is 7.02. The standard InChI is InChI=1S/C17H15F2NO2/c1-10-11(2)22-17(21)20(10)16-7-6-13(9-15(16)19)12-4-3-5-14(18)8-12/h3-11H,1-2H3. The first kappa shape index (κ1) is 14.5. The number of ether oxygens (including phenoxy) is 1. The summed E-state index contributed by atoms with van der Waals surface area (Å²) in [5.41, 5.74) is 1.30. The second-order valence-electron chi connectivity index (χ2n) is 5.38. The van der Waals surface area contributed by atoms with Gasteiger partial charge in [0.1, 0.15) is 17.7 Å². The minimum absolute atomic E-state index is 0.169. The molecule has 3 rings (SSSR count). The molecule has 1 aliphatic heterocycles. The average Bonchev–Trinajstić information content (AvgIpc) is 2.73. The van der Waals surface area contributed by atoms with Crippen molar-refractivity contribution in [3.8, 4) is 11.1 Å². The van der Waals surface area contributed by atoms with E-state index in [1.165, 1.54) is 29.2 Å². The van der Waals surface area contributed by atoms with Crippen molar-refractivity contribution in [3.63, 3.8) is 0 Å². The summed E-state index contributed by atoms with van der Waals surface area (Å²) in [5, 5.41) is 0. The third-order valence-electron chi connectivity index (χ3n) is 3.94. The molecule has 1 heterocycles. The van der Waals surface area contributed by atoms with Gasteiger partial charge in [-0.25, -0.2) is 13.6 Å². The maximum Gasteiger partial charge on any atom is 0.415 e. The van der Waals surface area contributed by atoms with E-state index < -0.39 is 11.9 Å². The molecule has 1 amide bonds. The summed E-state index contributed by atoms with van der Waals surface area (Å²) < 4.78 is 32.8. The normalized spacial score (nSPS) is 21.1. The molecule has 2 aromatic carbocycles. The van der Waals surface area contributed by atoms with Crippen molar-refractivity contribution in [2.45, 2.75) is 26.0 Å². The Morgan fingerprint density at radius 1 is 1.05 bits per heavy atom. The molecule has 2 atom stereocenters. The lowest BCUT2D eigenvalue weighted by molar-refractivity contribution is 0.143. The number of anilines is 1. The lowest BCUT2D eigenvalue weighted by atomic mass is 10.0. The monoisotopic (exact) mass is 303 g/mol. The molecule has 1 saturated heterocycles. The van der Waals surface area contributed by atoms with Gasteiger partial charge in [0.25, 0.3) is 0 Å². The molecule has 22 heavy (non-hydrogen) atoms. The number of cyclic esters (lactones) is 1. The number of carbonyl (C=O) groups is 1. The molecule has 0 bridgehead atoms. The van der Waals surface area contributed by atoms with Crippen LogP contribution in [-0.2, 0) is 4.74 Å². The van der Waals surface area contributed by atoms with E-state index >= 15 is 0 Å². The first-order valence-corrected chi connectivity index (χ1v) is 7.02. The Morgan fingerprint density at radius 2 is 1.77 bits per heavy atom. The van der Waals surface area contributed by atoms with E-state index in [0.29, 0.717) is 11.1 Å². The van der Waals surface area contributed by atoms with Gasteiger partial charge in [0.15, 0.2) is 0 Å². The number of hydrogen-bond donors (Lipinski definition) is 0. The fraction of sp³-hybridized carbons (Fsp3) is 0.235. The van der Waals surface area contributed by atoms with Crippen LogP contribution in [0.5, 0.6) is 0 Å². The van der Waals surface area contributed by atoms with Gasteiger partial charge in [-0.3, -0.25) is 4.90 Å². The maximum absolute atomic E-state index is 14.4. The van der Waals surface area contributed by atoms with E-state index in [1.807, 2.05) is 0 Å². The molecule has 2 unspecified atom stereocenters. The second kappa shape index (κ2) is 5.40. The number of hydrogen-bond acceptors (Lipinski definition) is 2. The van der Waals surface area contributed by atoms with Gasteiger partial charge in [-0.2, -0.15) is 0 Å². The molecular weight excluding hydrogens is 288 g/mol. The van der Waals surface area contributed by atoms with Crippen LogP contribution in [0.3, 0.4) is 0 Å². The van der Waals surface area contributed by atoms with Gasteiger partial charge >= 0.3 is 6.09 Å². The molecule has 0 spiro atoms. The summed E-state index contributed by atoms with van der Waals surface area (Å²) >= 11 is 0. The van der Waals surface area contributed by atoms with E-state index in [9.17, 15) is 13.6 Å². The number of halogens is 2. The third-order valence-corrected chi connectivity index (χ3v) is 3.94. The fourth-order valence-corrected chi connectivity index (χ4v) is 2.56. The third kappa shape index (κ3) is 2.43. The predicted octanol–water partition coefficient (Wildman–Crippen LogP) is 4.37. The summed E-state index contributed by atoms with van der Waals surface area (Å²) in [6.07, 6.45) is -0.854. The SMILES string of the molecule is CC1OC(=O)N(c2ccc(-c3cccc(F)c3)cc2F)C1C. The summed E-state index contributed by atoms with van der Waals surface area (Å²) in [6, 6.07) is 10.2. The summed E-state index contributed by atoms with van der Waals surface area (Å²) in [6.45, 7) is 3.57. The highest BCUT2D eigenvalue weighted by atomic mass is 19.1. The Kier molecular flexibility index (Phi) is 3.56. The van der Waals surface area contributed by atoms with E-state index in [1.54, 1.807) is 32.0 Å². The van der Waals surface area contributed by atoms with Gasteiger partial charge in [-0.1, -0.05) is 18.2 Å². The van der Waals surface area contributed by atoms with Crippen LogP contribution in [0, 0.1) is 11.6 Å². The molecule has 3 nitrogen and oxygen atoms in total. The van der Waals surface area contributed by atoms with Crippen molar-refractivity contribution in [3.05, 3.63) is 54.1 Å². The van der Waals surface area contributed by atoms with Crippen LogP contribution >= 0.6 is 0 Å². The van der Waals surface area contributed by atoms with Gasteiger partial charge in [-0.05, 0) is 49.2 Å². The zero-order valence-corrected chi connectivity index (χ0v) is 12.2. The summed E-state index contributed by atoms with van der Waals surface area (Å²) in [7, 11) is 0. The lowest BCUT2D eigenvalue weighted by Crippen LogP contribution is -2.33. The van der Waals surface area contributed by atoms with Crippen LogP contribution in [0.25, 0.3) is 11.1 Å². The minimum atomic E-state index is -0.558. The second-order valence-corrected chi connectivity index (χ2v) is 5.38. The Balaban J connectivity index is 1.98. The zero-order valence-electron chi connectivity index (χ0n) is 12.2. The molecule has 1 fully saturated rings. The van der Waals surface area contributed by atoms with Gasteiger partial charge in [0.05, 0.1) is 11.7 Å². The van der Waals surface area contributed by atoms with Crippen LogP contribution in [-0.4, -0.2) is 18.2 Å². The molecule has 0 N–H and O–H groups in total. The fourth-order valence-electron chi connectivity index (χ4n) is 2.56. The molecule has 0 aromatic heterocycles. The highest BCUT2D eigenvalue weighted by molar-refractivity contribution is 5.91. The van der Waals surface area contributed by atoms with E-state index in [4.69, 9.17) is 4.74 Å². The first-order chi connectivity index (χ1) is 10.5. The van der Waals surface area contributed by atoms with Crippen LogP contribution < -0.4 is 4.90 Å². The molecule has 0 aliphatic carbocycles. The number of rotatable bonds is 2. The van der Waals surface area contributed by atoms with Crippen molar-refractivity contribution in [1.29, 1.82) is 0 Å². The van der Waals surface area contributed by atoms with Gasteiger partial charge in [-0.15, -0.1) is 0 Å². The van der Waals surface area contributed by atoms with Crippen LogP contribution in [0.4, 0.5) is 19.3 Å². The molecule has 114 valence electrons. The molecule has 0 saturated carbocycles. The van der Waals surface area contributed by atoms with E-state index in [0.717, 1.165) is 0 Å². The van der Waals surface area contributed by atoms with E-state index in [2.05, 4.69) is 0 Å². The lowest BCUT2D eigenvalue weighted by Gasteiger charge is -2.20. The van der Waals surface area contributed by atoms with Crippen molar-refractivity contribution < 1.29 is 18.3 Å². The summed E-state index contributed by atoms with van der Waals surface area (Å²) in [5.74, 6) is -0.924. The highest BCUT2D eigenvalue weighted by Gasteiger charge is 2.38. The number of benzene rings is 2. The van der Waals surface area contributed by atoms with Crippen molar-refractivity contribution in [1.82, 2.24) is 0 Å². The molecule has 0 radical (unpaired) electrons. The van der Waals surface area contributed by atoms with Crippen molar-refractivity contribution in [2.75, 3.05) is 4.90 Å². The van der Waals surface area contributed by atoms with Crippen molar-refractivity contribution in [2.24, 2.45) is 0 Å². The Hall–Kier alpha value is -2.43. The van der Waals surface area contributed by atoms with Gasteiger partial charge < -0.3 is 4.74 Å². The molecule has 2 aromatic rings. The Bertz CT molecular complexity index is 732. The van der Waals surface area contributed by atoms with Crippen LogP contribution in [0.1, 0.15) is 13.8 Å². The van der Waals surface area contributed by atoms with E-state index in [-0.39, 0.29) is 23.7 Å². The highest BCUT2D eigenvalue weighted by Crippen LogP contribution is 2.32. The smallest absolute Gasteiger partial charge is 0.415 e. The molecule has 5 heteroatoms. The quantitative estimate of drug-likeness (QED) is 0.824. The van der Waals surface area contributed by atoms with Gasteiger partial charge in [0.2, 0.25) is 0 Å². The van der Waals surface area contributed by atoms with Crippen LogP contribution in [0.2, 0.25) is 0 Å².